The predicted molar refractivity (Wildman–Crippen MR) is 66.4 cm³/mol. The Hall–Kier alpha value is -1.78. The summed E-state index contributed by atoms with van der Waals surface area (Å²) in [5, 5.41) is 11.7. The summed E-state index contributed by atoms with van der Waals surface area (Å²) < 4.78 is 5.15. The van der Waals surface area contributed by atoms with Crippen LogP contribution in [0.15, 0.2) is 16.7 Å². The number of carboxylic acid groups (broad SMARTS) is 1. The van der Waals surface area contributed by atoms with Crippen molar-refractivity contribution in [1.82, 2.24) is 5.32 Å². The molecule has 1 aromatic heterocycles. The lowest BCUT2D eigenvalue weighted by molar-refractivity contribution is -0.142. The molecule has 0 saturated carbocycles. The second-order valence-electron chi connectivity index (χ2n) is 5.22. The zero-order chi connectivity index (χ0) is 13.9. The van der Waals surface area contributed by atoms with Gasteiger partial charge in [0.1, 0.15) is 11.8 Å². The van der Waals surface area contributed by atoms with Crippen LogP contribution < -0.4 is 5.32 Å². The third kappa shape index (κ3) is 3.12. The van der Waals surface area contributed by atoms with Gasteiger partial charge < -0.3 is 14.8 Å². The molecular formula is C13H19NO4. The first-order chi connectivity index (χ1) is 8.27. The van der Waals surface area contributed by atoms with Gasteiger partial charge in [-0.1, -0.05) is 27.7 Å². The molecule has 100 valence electrons. The van der Waals surface area contributed by atoms with Gasteiger partial charge in [-0.25, -0.2) is 4.79 Å². The molecule has 5 nitrogen and oxygen atoms in total. The molecule has 0 fully saturated rings. The summed E-state index contributed by atoms with van der Waals surface area (Å²) in [5.41, 5.74) is -0.162. The summed E-state index contributed by atoms with van der Waals surface area (Å²) in [7, 11) is 0. The highest BCUT2D eigenvalue weighted by Gasteiger charge is 2.33. The smallest absolute Gasteiger partial charge is 0.326 e. The Labute approximate surface area is 106 Å². The van der Waals surface area contributed by atoms with E-state index in [4.69, 9.17) is 9.52 Å². The van der Waals surface area contributed by atoms with Gasteiger partial charge in [0, 0.05) is 6.42 Å². The van der Waals surface area contributed by atoms with Crippen molar-refractivity contribution in [2.75, 3.05) is 0 Å². The van der Waals surface area contributed by atoms with Crippen LogP contribution in [-0.4, -0.2) is 23.0 Å². The van der Waals surface area contributed by atoms with Gasteiger partial charge in [0.25, 0.3) is 5.91 Å². The molecule has 0 unspecified atom stereocenters. The number of aryl methyl sites for hydroxylation is 1. The molecule has 0 aromatic carbocycles. The summed E-state index contributed by atoms with van der Waals surface area (Å²) in [6.07, 6.45) is 2.02. The fourth-order valence-corrected chi connectivity index (χ4v) is 1.67. The van der Waals surface area contributed by atoms with E-state index >= 15 is 0 Å². The van der Waals surface area contributed by atoms with Crippen LogP contribution in [-0.2, 0) is 11.2 Å². The van der Waals surface area contributed by atoms with Gasteiger partial charge in [-0.15, -0.1) is 0 Å². The van der Waals surface area contributed by atoms with Crippen LogP contribution in [0.4, 0.5) is 0 Å². The summed E-state index contributed by atoms with van der Waals surface area (Å²) >= 11 is 0. The second kappa shape index (κ2) is 5.25. The van der Waals surface area contributed by atoms with Gasteiger partial charge in [0.05, 0.1) is 11.8 Å². The Kier molecular flexibility index (Phi) is 4.16. The average molecular weight is 253 g/mol. The van der Waals surface area contributed by atoms with Crippen molar-refractivity contribution in [3.05, 3.63) is 23.7 Å². The molecule has 18 heavy (non-hydrogen) atoms. The van der Waals surface area contributed by atoms with Gasteiger partial charge in [-0.05, 0) is 11.5 Å². The molecular weight excluding hydrogens is 234 g/mol. The lowest BCUT2D eigenvalue weighted by Crippen LogP contribution is -2.49. The molecule has 1 heterocycles. The Bertz CT molecular complexity index is 442. The van der Waals surface area contributed by atoms with E-state index in [1.807, 2.05) is 6.92 Å². The molecule has 1 rings (SSSR count). The number of nitrogens with one attached hydrogen (secondary N) is 1. The molecule has 0 aliphatic carbocycles. The monoisotopic (exact) mass is 253 g/mol. The maximum absolute atomic E-state index is 12.0. The summed E-state index contributed by atoms with van der Waals surface area (Å²) in [6.45, 7) is 7.17. The minimum absolute atomic E-state index is 0.396. The van der Waals surface area contributed by atoms with Crippen molar-refractivity contribution in [2.45, 2.75) is 40.2 Å². The maximum Gasteiger partial charge on any atom is 0.326 e. The quantitative estimate of drug-likeness (QED) is 0.860. The third-order valence-electron chi connectivity index (χ3n) is 2.70. The van der Waals surface area contributed by atoms with Crippen LogP contribution in [0.5, 0.6) is 0 Å². The van der Waals surface area contributed by atoms with Crippen LogP contribution in [0.3, 0.4) is 0 Å². The van der Waals surface area contributed by atoms with Crippen molar-refractivity contribution < 1.29 is 19.1 Å². The van der Waals surface area contributed by atoms with Gasteiger partial charge in [-0.3, -0.25) is 4.79 Å². The normalized spacial score (nSPS) is 13.1. The Balaban J connectivity index is 2.89. The Morgan fingerprint density at radius 1 is 1.44 bits per heavy atom. The number of amides is 1. The number of carboxylic acids is 1. The number of aliphatic carboxylic acids is 1. The van der Waals surface area contributed by atoms with Crippen molar-refractivity contribution in [2.24, 2.45) is 5.41 Å². The highest BCUT2D eigenvalue weighted by Crippen LogP contribution is 2.20. The van der Waals surface area contributed by atoms with Crippen LogP contribution in [0.2, 0.25) is 0 Å². The number of carbonyl (C=O) groups excluding carboxylic acids is 1. The molecule has 2 N–H and O–H groups in total. The van der Waals surface area contributed by atoms with Crippen molar-refractivity contribution >= 4 is 11.9 Å². The van der Waals surface area contributed by atoms with Crippen LogP contribution in [0, 0.1) is 5.41 Å². The van der Waals surface area contributed by atoms with E-state index in [0.29, 0.717) is 17.7 Å². The molecule has 0 radical (unpaired) electrons. The molecule has 1 atom stereocenters. The number of carbonyl (C=O) groups is 2. The lowest BCUT2D eigenvalue weighted by Gasteiger charge is -2.27. The topological polar surface area (TPSA) is 79.5 Å². The first kappa shape index (κ1) is 14.3. The van der Waals surface area contributed by atoms with E-state index in [0.717, 1.165) is 0 Å². The molecule has 0 aliphatic rings. The fourth-order valence-electron chi connectivity index (χ4n) is 1.67. The van der Waals surface area contributed by atoms with Crippen molar-refractivity contribution in [1.29, 1.82) is 0 Å². The summed E-state index contributed by atoms with van der Waals surface area (Å²) in [4.78, 5) is 23.2. The third-order valence-corrected chi connectivity index (χ3v) is 2.70. The molecule has 1 amide bonds. The van der Waals surface area contributed by atoms with Crippen molar-refractivity contribution in [3.8, 4) is 0 Å². The molecule has 1 aromatic rings. The maximum atomic E-state index is 12.0. The highest BCUT2D eigenvalue weighted by molar-refractivity contribution is 5.97. The second-order valence-corrected chi connectivity index (χ2v) is 5.22. The Morgan fingerprint density at radius 2 is 2.06 bits per heavy atom. The van der Waals surface area contributed by atoms with E-state index in [1.165, 1.54) is 6.26 Å². The Morgan fingerprint density at radius 3 is 2.50 bits per heavy atom. The largest absolute Gasteiger partial charge is 0.480 e. The zero-order valence-electron chi connectivity index (χ0n) is 11.1. The number of hydrogen-bond donors (Lipinski definition) is 2. The summed E-state index contributed by atoms with van der Waals surface area (Å²) in [5.74, 6) is -0.897. The minimum atomic E-state index is -1.04. The van der Waals surface area contributed by atoms with Gasteiger partial charge in [-0.2, -0.15) is 0 Å². The number of furan rings is 1. The zero-order valence-corrected chi connectivity index (χ0v) is 11.1. The SMILES string of the molecule is CCc1occc1C(=O)N[C@H](C(=O)O)C(C)(C)C. The molecule has 0 aliphatic heterocycles. The van der Waals surface area contributed by atoms with E-state index in [2.05, 4.69) is 5.32 Å². The fraction of sp³-hybridized carbons (Fsp3) is 0.538. The van der Waals surface area contributed by atoms with Crippen LogP contribution >= 0.6 is 0 Å². The van der Waals surface area contributed by atoms with Gasteiger partial charge in [0.15, 0.2) is 0 Å². The van der Waals surface area contributed by atoms with E-state index in [-0.39, 0.29) is 0 Å². The van der Waals surface area contributed by atoms with E-state index in [1.54, 1.807) is 26.8 Å². The molecule has 0 bridgehead atoms. The van der Waals surface area contributed by atoms with Crippen LogP contribution in [0.1, 0.15) is 43.8 Å². The molecule has 0 spiro atoms. The van der Waals surface area contributed by atoms with E-state index in [9.17, 15) is 9.59 Å². The first-order valence-electron chi connectivity index (χ1n) is 5.87. The number of hydrogen-bond acceptors (Lipinski definition) is 3. The lowest BCUT2D eigenvalue weighted by atomic mass is 9.86. The standard InChI is InChI=1S/C13H19NO4/c1-5-9-8(6-7-18-9)11(15)14-10(12(16)17)13(2,3)4/h6-7,10H,5H2,1-4H3,(H,14,15)(H,16,17)/t10-/m1/s1. The van der Waals surface area contributed by atoms with Crippen molar-refractivity contribution in [3.63, 3.8) is 0 Å². The summed E-state index contributed by atoms with van der Waals surface area (Å²) in [6, 6.07) is 0.611. The average Bonchev–Trinajstić information content (AvgIpc) is 2.71. The molecule has 5 heteroatoms. The first-order valence-corrected chi connectivity index (χ1v) is 5.87. The minimum Gasteiger partial charge on any atom is -0.480 e. The van der Waals surface area contributed by atoms with Gasteiger partial charge >= 0.3 is 5.97 Å². The predicted octanol–water partition coefficient (Wildman–Crippen LogP) is 2.07. The number of rotatable bonds is 4. The molecule has 0 saturated heterocycles. The highest BCUT2D eigenvalue weighted by atomic mass is 16.4. The van der Waals surface area contributed by atoms with E-state index < -0.39 is 23.3 Å². The van der Waals surface area contributed by atoms with Crippen LogP contribution in [0.25, 0.3) is 0 Å². The van der Waals surface area contributed by atoms with Gasteiger partial charge in [0.2, 0.25) is 0 Å².